The zero-order valence-electron chi connectivity index (χ0n) is 13.4. The molecule has 0 fully saturated rings. The molecular weight excluding hydrogens is 262 g/mol. The Morgan fingerprint density at radius 1 is 1.29 bits per heavy atom. The van der Waals surface area contributed by atoms with Crippen LogP contribution in [0.2, 0.25) is 0 Å². The molecule has 0 radical (unpaired) electrons. The van der Waals surface area contributed by atoms with Crippen molar-refractivity contribution in [2.75, 3.05) is 6.54 Å². The lowest BCUT2D eigenvalue weighted by atomic mass is 10.1. The second-order valence-corrected chi connectivity index (χ2v) is 6.49. The largest absolute Gasteiger partial charge is 0.328 e. The summed E-state index contributed by atoms with van der Waals surface area (Å²) in [4.78, 5) is 16.8. The van der Waals surface area contributed by atoms with Gasteiger partial charge in [0.1, 0.15) is 5.82 Å². The molecular formula is C17H25N3O. The number of aromatic nitrogens is 2. The molecule has 0 atom stereocenters. The number of ketones is 1. The van der Waals surface area contributed by atoms with Crippen molar-refractivity contribution in [1.29, 1.82) is 0 Å². The molecule has 2 aromatic rings. The van der Waals surface area contributed by atoms with E-state index >= 15 is 0 Å². The Morgan fingerprint density at radius 2 is 2.00 bits per heavy atom. The molecule has 1 aromatic carbocycles. The summed E-state index contributed by atoms with van der Waals surface area (Å²) in [5.74, 6) is 1.05. The minimum atomic E-state index is -0.0424. The summed E-state index contributed by atoms with van der Waals surface area (Å²) in [6.07, 6.45) is 1.42. The van der Waals surface area contributed by atoms with Crippen LogP contribution >= 0.6 is 0 Å². The summed E-state index contributed by atoms with van der Waals surface area (Å²) in [5, 5.41) is 3.24. The first-order valence-electron chi connectivity index (χ1n) is 7.61. The topological polar surface area (TPSA) is 46.9 Å². The average Bonchev–Trinajstić information content (AvgIpc) is 2.74. The van der Waals surface area contributed by atoms with Gasteiger partial charge in [-0.25, -0.2) is 4.98 Å². The monoisotopic (exact) mass is 287 g/mol. The highest BCUT2D eigenvalue weighted by Crippen LogP contribution is 2.17. The van der Waals surface area contributed by atoms with E-state index in [2.05, 4.69) is 48.6 Å². The van der Waals surface area contributed by atoms with Gasteiger partial charge in [0, 0.05) is 12.1 Å². The molecule has 4 nitrogen and oxygen atoms in total. The first-order valence-corrected chi connectivity index (χ1v) is 7.61. The SMILES string of the molecule is CCCn1c(CC(=O)CNC(C)(C)C)nc2ccccc21. The summed E-state index contributed by atoms with van der Waals surface area (Å²) in [6.45, 7) is 9.61. The molecule has 0 unspecified atom stereocenters. The van der Waals surface area contributed by atoms with Gasteiger partial charge in [-0.1, -0.05) is 19.1 Å². The Bertz CT molecular complexity index is 622. The lowest BCUT2D eigenvalue weighted by molar-refractivity contribution is -0.118. The van der Waals surface area contributed by atoms with Crippen molar-refractivity contribution in [3.8, 4) is 0 Å². The predicted molar refractivity (Wildman–Crippen MR) is 86.5 cm³/mol. The zero-order valence-corrected chi connectivity index (χ0v) is 13.4. The summed E-state index contributed by atoms with van der Waals surface area (Å²) in [5.41, 5.74) is 2.04. The van der Waals surface area contributed by atoms with Crippen molar-refractivity contribution in [1.82, 2.24) is 14.9 Å². The summed E-state index contributed by atoms with van der Waals surface area (Å²) < 4.78 is 2.17. The van der Waals surface area contributed by atoms with Crippen LogP contribution in [0.5, 0.6) is 0 Å². The highest BCUT2D eigenvalue weighted by atomic mass is 16.1. The molecule has 0 aliphatic rings. The Morgan fingerprint density at radius 3 is 2.67 bits per heavy atom. The molecule has 0 saturated carbocycles. The maximum Gasteiger partial charge on any atom is 0.154 e. The number of fused-ring (bicyclic) bond motifs is 1. The second kappa shape index (κ2) is 6.39. The van der Waals surface area contributed by atoms with Crippen molar-refractivity contribution in [2.45, 2.75) is 52.6 Å². The molecule has 1 aromatic heterocycles. The number of benzene rings is 1. The summed E-state index contributed by atoms with van der Waals surface area (Å²) in [6, 6.07) is 8.07. The molecule has 2 rings (SSSR count). The van der Waals surface area contributed by atoms with Crippen LogP contribution in [0.15, 0.2) is 24.3 Å². The number of aryl methyl sites for hydroxylation is 1. The van der Waals surface area contributed by atoms with E-state index in [4.69, 9.17) is 0 Å². The van der Waals surface area contributed by atoms with Crippen LogP contribution in [-0.4, -0.2) is 27.4 Å². The summed E-state index contributed by atoms with van der Waals surface area (Å²) >= 11 is 0. The number of imidazole rings is 1. The number of nitrogens with one attached hydrogen (secondary N) is 1. The molecule has 114 valence electrons. The lowest BCUT2D eigenvalue weighted by Gasteiger charge is -2.19. The van der Waals surface area contributed by atoms with Gasteiger partial charge in [-0.3, -0.25) is 4.79 Å². The number of hydrogen-bond donors (Lipinski definition) is 1. The van der Waals surface area contributed by atoms with Gasteiger partial charge in [-0.2, -0.15) is 0 Å². The van der Waals surface area contributed by atoms with Crippen LogP contribution in [0.25, 0.3) is 11.0 Å². The third-order valence-corrected chi connectivity index (χ3v) is 3.35. The maximum atomic E-state index is 12.2. The van der Waals surface area contributed by atoms with Crippen molar-refractivity contribution >= 4 is 16.8 Å². The van der Waals surface area contributed by atoms with Crippen molar-refractivity contribution in [3.63, 3.8) is 0 Å². The van der Waals surface area contributed by atoms with E-state index in [1.165, 1.54) is 0 Å². The zero-order chi connectivity index (χ0) is 15.5. The first-order chi connectivity index (χ1) is 9.90. The van der Waals surface area contributed by atoms with E-state index in [1.807, 2.05) is 18.2 Å². The lowest BCUT2D eigenvalue weighted by Crippen LogP contribution is -2.39. The molecule has 0 spiro atoms. The van der Waals surface area contributed by atoms with Gasteiger partial charge in [-0.05, 0) is 39.3 Å². The van der Waals surface area contributed by atoms with Crippen LogP contribution in [0, 0.1) is 0 Å². The van der Waals surface area contributed by atoms with Crippen molar-refractivity contribution in [2.24, 2.45) is 0 Å². The second-order valence-electron chi connectivity index (χ2n) is 6.49. The number of Topliss-reactive ketones (excluding diaryl/α,β-unsaturated/α-hetero) is 1. The number of carbonyl (C=O) groups is 1. The van der Waals surface area contributed by atoms with Gasteiger partial charge >= 0.3 is 0 Å². The van der Waals surface area contributed by atoms with E-state index in [9.17, 15) is 4.79 Å². The number of nitrogens with zero attached hydrogens (tertiary/aromatic N) is 2. The van der Waals surface area contributed by atoms with Gasteiger partial charge < -0.3 is 9.88 Å². The molecule has 0 bridgehead atoms. The van der Waals surface area contributed by atoms with Gasteiger partial charge in [0.15, 0.2) is 5.78 Å². The molecule has 4 heteroatoms. The van der Waals surface area contributed by atoms with E-state index in [1.54, 1.807) is 0 Å². The predicted octanol–water partition coefficient (Wildman–Crippen LogP) is 2.95. The first kappa shape index (κ1) is 15.7. The van der Waals surface area contributed by atoms with E-state index in [0.717, 1.165) is 29.8 Å². The molecule has 21 heavy (non-hydrogen) atoms. The number of rotatable bonds is 6. The van der Waals surface area contributed by atoms with Crippen molar-refractivity contribution < 1.29 is 4.79 Å². The third kappa shape index (κ3) is 4.14. The van der Waals surface area contributed by atoms with Gasteiger partial charge in [-0.15, -0.1) is 0 Å². The Hall–Kier alpha value is -1.68. The fraction of sp³-hybridized carbons (Fsp3) is 0.529. The van der Waals surface area contributed by atoms with Crippen LogP contribution in [0.1, 0.15) is 39.9 Å². The summed E-state index contributed by atoms with van der Waals surface area (Å²) in [7, 11) is 0. The van der Waals surface area contributed by atoms with Gasteiger partial charge in [0.05, 0.1) is 24.0 Å². The average molecular weight is 287 g/mol. The highest BCUT2D eigenvalue weighted by Gasteiger charge is 2.15. The maximum absolute atomic E-state index is 12.2. The molecule has 1 N–H and O–H groups in total. The van der Waals surface area contributed by atoms with Gasteiger partial charge in [0.2, 0.25) is 0 Å². The van der Waals surface area contributed by atoms with Crippen LogP contribution in [-0.2, 0) is 17.8 Å². The van der Waals surface area contributed by atoms with E-state index in [-0.39, 0.29) is 11.3 Å². The number of hydrogen-bond acceptors (Lipinski definition) is 3. The minimum absolute atomic E-state index is 0.0424. The molecule has 0 aliphatic carbocycles. The van der Waals surface area contributed by atoms with Crippen LogP contribution in [0.4, 0.5) is 0 Å². The van der Waals surface area contributed by atoms with E-state index < -0.39 is 0 Å². The van der Waals surface area contributed by atoms with Crippen LogP contribution < -0.4 is 5.32 Å². The van der Waals surface area contributed by atoms with Crippen molar-refractivity contribution in [3.05, 3.63) is 30.1 Å². The minimum Gasteiger partial charge on any atom is -0.328 e. The molecule has 0 amide bonds. The quantitative estimate of drug-likeness (QED) is 0.888. The highest BCUT2D eigenvalue weighted by molar-refractivity contribution is 5.84. The Labute approximate surface area is 126 Å². The fourth-order valence-corrected chi connectivity index (χ4v) is 2.34. The smallest absolute Gasteiger partial charge is 0.154 e. The molecule has 0 aliphatic heterocycles. The number of carbonyl (C=O) groups excluding carboxylic acids is 1. The standard InChI is InChI=1S/C17H25N3O/c1-5-10-20-15-9-7-6-8-14(15)19-16(20)11-13(21)12-18-17(2,3)4/h6-9,18H,5,10-12H2,1-4H3. The van der Waals surface area contributed by atoms with E-state index in [0.29, 0.717) is 13.0 Å². The Kier molecular flexibility index (Phi) is 4.78. The number of para-hydroxylation sites is 2. The normalized spacial score (nSPS) is 12.0. The third-order valence-electron chi connectivity index (χ3n) is 3.35. The molecule has 1 heterocycles. The molecule has 0 saturated heterocycles. The van der Waals surface area contributed by atoms with Crippen LogP contribution in [0.3, 0.4) is 0 Å². The Balaban J connectivity index is 2.17. The van der Waals surface area contributed by atoms with Gasteiger partial charge in [0.25, 0.3) is 0 Å². The fourth-order valence-electron chi connectivity index (χ4n) is 2.34.